The summed E-state index contributed by atoms with van der Waals surface area (Å²) in [7, 11) is -3.52. The Morgan fingerprint density at radius 2 is 1.85 bits per heavy atom. The lowest BCUT2D eigenvalue weighted by Gasteiger charge is -2.30. The fourth-order valence-corrected chi connectivity index (χ4v) is 5.98. The molecule has 1 rings (SSSR count). The first-order valence-corrected chi connectivity index (χ1v) is 9.52. The molecule has 0 fully saturated rings. The van der Waals surface area contributed by atoms with Gasteiger partial charge in [-0.3, -0.25) is 0 Å². The lowest BCUT2D eigenvalue weighted by molar-refractivity contribution is 0.277. The van der Waals surface area contributed by atoms with Crippen LogP contribution >= 0.6 is 22.9 Å². The van der Waals surface area contributed by atoms with E-state index in [0.717, 1.165) is 24.2 Å². The van der Waals surface area contributed by atoms with Gasteiger partial charge in [0.15, 0.2) is 8.68 Å². The van der Waals surface area contributed by atoms with Gasteiger partial charge in [0.05, 0.1) is 5.69 Å². The van der Waals surface area contributed by atoms with Gasteiger partial charge in [-0.2, -0.15) is 4.31 Å². The molecule has 7 heteroatoms. The number of aromatic nitrogens is 1. The van der Waals surface area contributed by atoms with E-state index < -0.39 is 10.0 Å². The summed E-state index contributed by atoms with van der Waals surface area (Å²) in [4.78, 5) is 4.03. The van der Waals surface area contributed by atoms with Gasteiger partial charge in [-0.1, -0.05) is 50.6 Å². The Morgan fingerprint density at radius 3 is 2.20 bits per heavy atom. The molecule has 0 amide bonds. The van der Waals surface area contributed by atoms with Crippen LogP contribution in [0.15, 0.2) is 4.21 Å². The average molecular weight is 339 g/mol. The van der Waals surface area contributed by atoms with Crippen molar-refractivity contribution >= 4 is 33.0 Å². The molecule has 0 bridgehead atoms. The van der Waals surface area contributed by atoms with Crippen LogP contribution < -0.4 is 0 Å². The molecular weight excluding hydrogens is 316 g/mol. The van der Waals surface area contributed by atoms with Crippen LogP contribution in [-0.4, -0.2) is 30.3 Å². The maximum absolute atomic E-state index is 12.9. The molecule has 1 aromatic heterocycles. The van der Waals surface area contributed by atoms with Crippen molar-refractivity contribution in [3.05, 3.63) is 10.2 Å². The van der Waals surface area contributed by atoms with Crippen LogP contribution in [0.25, 0.3) is 0 Å². The molecule has 0 unspecified atom stereocenters. The van der Waals surface area contributed by atoms with E-state index in [4.69, 9.17) is 11.6 Å². The fraction of sp³-hybridized carbons (Fsp3) is 0.769. The number of sulfonamides is 1. The van der Waals surface area contributed by atoms with Crippen molar-refractivity contribution in [1.82, 2.24) is 9.29 Å². The van der Waals surface area contributed by atoms with Gasteiger partial charge in [0.1, 0.15) is 0 Å². The van der Waals surface area contributed by atoms with Gasteiger partial charge in [0, 0.05) is 12.6 Å². The first kappa shape index (κ1) is 17.9. The zero-order valence-electron chi connectivity index (χ0n) is 12.7. The Kier molecular flexibility index (Phi) is 6.44. The largest absolute Gasteiger partial charge is 0.254 e. The molecule has 0 aliphatic rings. The third-order valence-electron chi connectivity index (χ3n) is 3.17. The highest BCUT2D eigenvalue weighted by atomic mass is 35.5. The highest BCUT2D eigenvalue weighted by Crippen LogP contribution is 2.31. The summed E-state index contributed by atoms with van der Waals surface area (Å²) in [5.41, 5.74) is 0.486. The van der Waals surface area contributed by atoms with Crippen molar-refractivity contribution in [3.8, 4) is 0 Å². The SMILES string of the molecule is CCC(CC)N(CC(C)C)S(=O)(=O)c1sc(Cl)nc1C. The Morgan fingerprint density at radius 1 is 1.30 bits per heavy atom. The number of aryl methyl sites for hydroxylation is 1. The van der Waals surface area contributed by atoms with Gasteiger partial charge < -0.3 is 0 Å². The van der Waals surface area contributed by atoms with E-state index in [0.29, 0.717) is 12.2 Å². The molecule has 0 radical (unpaired) electrons. The summed E-state index contributed by atoms with van der Waals surface area (Å²) < 4.78 is 28.0. The van der Waals surface area contributed by atoms with E-state index in [-0.39, 0.29) is 20.6 Å². The molecule has 0 spiro atoms. The quantitative estimate of drug-likeness (QED) is 0.756. The minimum Gasteiger partial charge on any atom is -0.229 e. The minimum atomic E-state index is -3.52. The molecule has 4 nitrogen and oxygen atoms in total. The third kappa shape index (κ3) is 3.93. The van der Waals surface area contributed by atoms with E-state index in [1.807, 2.05) is 27.7 Å². The smallest absolute Gasteiger partial charge is 0.229 e. The lowest BCUT2D eigenvalue weighted by Crippen LogP contribution is -2.41. The van der Waals surface area contributed by atoms with Gasteiger partial charge >= 0.3 is 0 Å². The maximum Gasteiger partial charge on any atom is 0.254 e. The molecule has 0 aliphatic carbocycles. The molecule has 1 aromatic rings. The second-order valence-electron chi connectivity index (χ2n) is 5.28. The van der Waals surface area contributed by atoms with Crippen LogP contribution in [0.4, 0.5) is 0 Å². The second-order valence-corrected chi connectivity index (χ2v) is 8.95. The number of hydrogen-bond donors (Lipinski definition) is 0. The van der Waals surface area contributed by atoms with Crippen LogP contribution in [-0.2, 0) is 10.0 Å². The summed E-state index contributed by atoms with van der Waals surface area (Å²) in [6, 6.07) is 0.0164. The summed E-state index contributed by atoms with van der Waals surface area (Å²) >= 11 is 6.89. The standard InChI is InChI=1S/C13H23ClN2O2S2/c1-6-11(7-2)16(8-9(3)4)20(17,18)12-10(5)15-13(14)19-12/h9,11H,6-8H2,1-5H3. The number of thiazole rings is 1. The zero-order chi connectivity index (χ0) is 15.5. The molecular formula is C13H23ClN2O2S2. The molecule has 116 valence electrons. The van der Waals surface area contributed by atoms with Crippen molar-refractivity contribution in [2.45, 2.75) is 57.7 Å². The Hall–Kier alpha value is -0.170. The van der Waals surface area contributed by atoms with Crippen LogP contribution in [0, 0.1) is 12.8 Å². The van der Waals surface area contributed by atoms with Crippen LogP contribution in [0.2, 0.25) is 4.47 Å². The molecule has 0 saturated carbocycles. The van der Waals surface area contributed by atoms with Crippen molar-refractivity contribution in [2.24, 2.45) is 5.92 Å². The summed E-state index contributed by atoms with van der Waals surface area (Å²) in [5, 5.41) is 0. The monoisotopic (exact) mass is 338 g/mol. The Balaban J connectivity index is 3.27. The fourth-order valence-electron chi connectivity index (χ4n) is 2.20. The first-order chi connectivity index (χ1) is 9.23. The summed E-state index contributed by atoms with van der Waals surface area (Å²) in [6.45, 7) is 10.3. The molecule has 0 atom stereocenters. The third-order valence-corrected chi connectivity index (χ3v) is 6.93. The summed E-state index contributed by atoms with van der Waals surface area (Å²) in [5.74, 6) is 0.272. The zero-order valence-corrected chi connectivity index (χ0v) is 15.1. The van der Waals surface area contributed by atoms with E-state index >= 15 is 0 Å². The van der Waals surface area contributed by atoms with Crippen LogP contribution in [0.3, 0.4) is 0 Å². The highest BCUT2D eigenvalue weighted by Gasteiger charge is 2.33. The predicted octanol–water partition coefficient (Wildman–Crippen LogP) is 3.94. The van der Waals surface area contributed by atoms with Crippen molar-refractivity contribution in [2.75, 3.05) is 6.54 Å². The molecule has 1 heterocycles. The normalized spacial score (nSPS) is 12.8. The maximum atomic E-state index is 12.9. The number of halogens is 1. The van der Waals surface area contributed by atoms with Gasteiger partial charge in [-0.25, -0.2) is 13.4 Å². The summed E-state index contributed by atoms with van der Waals surface area (Å²) in [6.07, 6.45) is 1.60. The highest BCUT2D eigenvalue weighted by molar-refractivity contribution is 7.91. The lowest BCUT2D eigenvalue weighted by atomic mass is 10.1. The Bertz CT molecular complexity index is 537. The van der Waals surface area contributed by atoms with Gasteiger partial charge in [-0.15, -0.1) is 0 Å². The Labute approximate surface area is 131 Å². The van der Waals surface area contributed by atoms with Gasteiger partial charge in [-0.05, 0) is 25.7 Å². The van der Waals surface area contributed by atoms with Crippen molar-refractivity contribution in [1.29, 1.82) is 0 Å². The molecule has 0 N–H and O–H groups in total. The molecule has 0 saturated heterocycles. The first-order valence-electron chi connectivity index (χ1n) is 6.88. The molecule has 0 aliphatic heterocycles. The minimum absolute atomic E-state index is 0.0164. The van der Waals surface area contributed by atoms with Gasteiger partial charge in [0.25, 0.3) is 10.0 Å². The average Bonchev–Trinajstić information content (AvgIpc) is 2.69. The topological polar surface area (TPSA) is 50.3 Å². The molecule has 0 aromatic carbocycles. The van der Waals surface area contributed by atoms with E-state index in [1.54, 1.807) is 11.2 Å². The molecule has 20 heavy (non-hydrogen) atoms. The van der Waals surface area contributed by atoms with Gasteiger partial charge in [0.2, 0.25) is 0 Å². The van der Waals surface area contributed by atoms with Crippen molar-refractivity contribution < 1.29 is 8.42 Å². The van der Waals surface area contributed by atoms with Crippen molar-refractivity contribution in [3.63, 3.8) is 0 Å². The van der Waals surface area contributed by atoms with Crippen LogP contribution in [0.5, 0.6) is 0 Å². The predicted molar refractivity (Wildman–Crippen MR) is 85.0 cm³/mol. The number of rotatable bonds is 7. The van der Waals surface area contributed by atoms with E-state index in [9.17, 15) is 8.42 Å². The van der Waals surface area contributed by atoms with E-state index in [1.165, 1.54) is 0 Å². The number of nitrogens with zero attached hydrogens (tertiary/aromatic N) is 2. The van der Waals surface area contributed by atoms with Crippen LogP contribution in [0.1, 0.15) is 46.2 Å². The second kappa shape index (κ2) is 7.20. The van der Waals surface area contributed by atoms with E-state index in [2.05, 4.69) is 4.98 Å². The number of hydrogen-bond acceptors (Lipinski definition) is 4.